The molecule has 0 aliphatic carbocycles. The van der Waals surface area contributed by atoms with Crippen LogP contribution in [0.3, 0.4) is 0 Å². The third-order valence-electron chi connectivity index (χ3n) is 5.17. The van der Waals surface area contributed by atoms with Crippen LogP contribution in [0.5, 0.6) is 0 Å². The Kier molecular flexibility index (Phi) is 4.16. The van der Waals surface area contributed by atoms with Crippen LogP contribution in [-0.4, -0.2) is 11.9 Å². The number of benzene rings is 3. The molecule has 0 spiro atoms. The predicted molar refractivity (Wildman–Crippen MR) is 110 cm³/mol. The van der Waals surface area contributed by atoms with E-state index in [0.29, 0.717) is 0 Å². The Bertz CT molecular complexity index is 1020. The van der Waals surface area contributed by atoms with E-state index in [1.807, 2.05) is 71.7 Å². The summed E-state index contributed by atoms with van der Waals surface area (Å²) in [5, 5.41) is 2.03. The number of para-hydroxylation sites is 1. The lowest BCUT2D eigenvalue weighted by molar-refractivity contribution is -0.124. The molecule has 0 radical (unpaired) electrons. The zero-order valence-electron chi connectivity index (χ0n) is 15.2. The second-order valence-electron chi connectivity index (χ2n) is 6.88. The van der Waals surface area contributed by atoms with E-state index in [2.05, 4.69) is 40.5 Å². The van der Waals surface area contributed by atoms with Crippen LogP contribution in [0.4, 0.5) is 5.69 Å². The summed E-state index contributed by atoms with van der Waals surface area (Å²) in [5.74, 6) is -0.0888. The topological polar surface area (TPSA) is 56.4 Å². The van der Waals surface area contributed by atoms with Gasteiger partial charge in [0.05, 0.1) is 17.4 Å². The van der Waals surface area contributed by atoms with Gasteiger partial charge in [-0.1, -0.05) is 78.9 Å². The minimum atomic E-state index is -0.443. The molecule has 3 aromatic rings. The van der Waals surface area contributed by atoms with E-state index in [4.69, 9.17) is 0 Å². The number of hydrogen-bond donors (Lipinski definition) is 3. The Morgan fingerprint density at radius 3 is 2.00 bits per heavy atom. The van der Waals surface area contributed by atoms with Crippen LogP contribution in [0.1, 0.15) is 17.2 Å². The van der Waals surface area contributed by atoms with Gasteiger partial charge >= 0.3 is 0 Å². The molecule has 2 atom stereocenters. The molecule has 3 aromatic carbocycles. The average Bonchev–Trinajstić information content (AvgIpc) is 3.17. The molecule has 0 aromatic heterocycles. The van der Waals surface area contributed by atoms with Crippen molar-refractivity contribution in [2.75, 3.05) is 5.01 Å². The average molecular weight is 368 g/mol. The predicted octanol–water partition coefficient (Wildman–Crippen LogP) is 3.17. The molecule has 0 saturated carbocycles. The first kappa shape index (κ1) is 16.7. The molecule has 2 aliphatic rings. The number of fused-ring (bicyclic) bond motifs is 1. The maximum atomic E-state index is 12.7. The van der Waals surface area contributed by atoms with Gasteiger partial charge in [-0.05, 0) is 23.3 Å². The van der Waals surface area contributed by atoms with Crippen LogP contribution in [-0.2, 0) is 4.79 Å². The molecule has 138 valence electrons. The summed E-state index contributed by atoms with van der Waals surface area (Å²) in [4.78, 5) is 12.7. The Morgan fingerprint density at radius 2 is 1.32 bits per heavy atom. The summed E-state index contributed by atoms with van der Waals surface area (Å²) < 4.78 is 0. The Morgan fingerprint density at radius 1 is 0.714 bits per heavy atom. The van der Waals surface area contributed by atoms with Crippen molar-refractivity contribution in [1.82, 2.24) is 16.3 Å². The molecular formula is C23H20N4O. The zero-order valence-corrected chi connectivity index (χ0v) is 15.2. The third kappa shape index (κ3) is 2.78. The van der Waals surface area contributed by atoms with Crippen molar-refractivity contribution in [3.8, 4) is 0 Å². The molecule has 1 amide bonds. The number of carbonyl (C=O) groups excluding carboxylic acids is 1. The highest BCUT2D eigenvalue weighted by atomic mass is 16.2. The highest BCUT2D eigenvalue weighted by Gasteiger charge is 2.44. The van der Waals surface area contributed by atoms with E-state index < -0.39 is 6.04 Å². The minimum Gasteiger partial charge on any atom is -0.289 e. The van der Waals surface area contributed by atoms with Crippen molar-refractivity contribution in [2.45, 2.75) is 12.1 Å². The van der Waals surface area contributed by atoms with Gasteiger partial charge in [0.1, 0.15) is 6.04 Å². The Balaban J connectivity index is 1.73. The summed E-state index contributed by atoms with van der Waals surface area (Å²) in [6, 6.07) is 29.9. The molecule has 2 unspecified atom stereocenters. The maximum absolute atomic E-state index is 12.7. The second kappa shape index (κ2) is 6.96. The number of nitrogens with one attached hydrogen (secondary N) is 3. The number of nitrogens with zero attached hydrogens (tertiary/aromatic N) is 1. The van der Waals surface area contributed by atoms with Crippen molar-refractivity contribution in [2.24, 2.45) is 0 Å². The van der Waals surface area contributed by atoms with Crippen molar-refractivity contribution in [3.05, 3.63) is 108 Å². The summed E-state index contributed by atoms with van der Waals surface area (Å²) in [6.07, 6.45) is 0. The van der Waals surface area contributed by atoms with Gasteiger partial charge in [0.2, 0.25) is 0 Å². The molecule has 3 N–H and O–H groups in total. The van der Waals surface area contributed by atoms with Gasteiger partial charge in [0, 0.05) is 5.57 Å². The molecule has 5 nitrogen and oxygen atoms in total. The van der Waals surface area contributed by atoms with Gasteiger partial charge in [0.25, 0.3) is 5.91 Å². The molecule has 2 heterocycles. The maximum Gasteiger partial charge on any atom is 0.257 e. The molecule has 1 fully saturated rings. The fourth-order valence-electron chi connectivity index (χ4n) is 3.91. The first-order valence-electron chi connectivity index (χ1n) is 9.34. The fourth-order valence-corrected chi connectivity index (χ4v) is 3.91. The van der Waals surface area contributed by atoms with E-state index in [1.54, 1.807) is 0 Å². The van der Waals surface area contributed by atoms with Crippen LogP contribution in [0.15, 0.2) is 96.6 Å². The van der Waals surface area contributed by atoms with Crippen molar-refractivity contribution in [1.29, 1.82) is 0 Å². The van der Waals surface area contributed by atoms with Crippen molar-refractivity contribution in [3.63, 3.8) is 0 Å². The lowest BCUT2D eigenvalue weighted by Crippen LogP contribution is -2.57. The molecular weight excluding hydrogens is 348 g/mol. The summed E-state index contributed by atoms with van der Waals surface area (Å²) >= 11 is 0. The zero-order chi connectivity index (χ0) is 18.9. The van der Waals surface area contributed by atoms with Crippen molar-refractivity contribution < 1.29 is 4.79 Å². The minimum absolute atomic E-state index is 0.0888. The lowest BCUT2D eigenvalue weighted by atomic mass is 9.89. The second-order valence-corrected chi connectivity index (χ2v) is 6.88. The number of hydrogen-bond acceptors (Lipinski definition) is 4. The van der Waals surface area contributed by atoms with Gasteiger partial charge in [0.15, 0.2) is 0 Å². The number of hydrazine groups is 2. The van der Waals surface area contributed by atoms with Crippen LogP contribution in [0.2, 0.25) is 0 Å². The number of carbonyl (C=O) groups is 1. The summed E-state index contributed by atoms with van der Waals surface area (Å²) in [6.45, 7) is 0. The highest BCUT2D eigenvalue weighted by Crippen LogP contribution is 2.40. The SMILES string of the molecule is O=C1NNC(c2ccccc2)C2=C(c3ccccc3)N(c3ccccc3)NC12. The number of rotatable bonds is 3. The molecule has 0 bridgehead atoms. The molecule has 5 heteroatoms. The van der Waals surface area contributed by atoms with E-state index in [-0.39, 0.29) is 11.9 Å². The molecule has 1 saturated heterocycles. The Hall–Kier alpha value is -3.41. The summed E-state index contributed by atoms with van der Waals surface area (Å²) in [7, 11) is 0. The summed E-state index contributed by atoms with van der Waals surface area (Å²) in [5.41, 5.74) is 14.6. The first-order valence-corrected chi connectivity index (χ1v) is 9.34. The molecule has 2 aliphatic heterocycles. The van der Waals surface area contributed by atoms with Crippen LogP contribution < -0.4 is 21.3 Å². The van der Waals surface area contributed by atoms with Gasteiger partial charge < -0.3 is 0 Å². The molecule has 28 heavy (non-hydrogen) atoms. The Labute approximate surface area is 163 Å². The van der Waals surface area contributed by atoms with E-state index >= 15 is 0 Å². The van der Waals surface area contributed by atoms with Crippen LogP contribution in [0.25, 0.3) is 5.70 Å². The van der Waals surface area contributed by atoms with Crippen LogP contribution in [0, 0.1) is 0 Å². The normalized spacial score (nSPS) is 21.4. The monoisotopic (exact) mass is 368 g/mol. The van der Waals surface area contributed by atoms with Crippen molar-refractivity contribution >= 4 is 17.3 Å². The van der Waals surface area contributed by atoms with Gasteiger partial charge in [-0.3, -0.25) is 15.2 Å². The quantitative estimate of drug-likeness (QED) is 0.665. The van der Waals surface area contributed by atoms with Gasteiger partial charge in [-0.25, -0.2) is 10.9 Å². The van der Waals surface area contributed by atoms with E-state index in [1.165, 1.54) is 0 Å². The third-order valence-corrected chi connectivity index (χ3v) is 5.17. The highest BCUT2D eigenvalue weighted by molar-refractivity contribution is 5.96. The van der Waals surface area contributed by atoms with E-state index in [0.717, 1.165) is 28.1 Å². The van der Waals surface area contributed by atoms with E-state index in [9.17, 15) is 4.79 Å². The largest absolute Gasteiger partial charge is 0.289 e. The van der Waals surface area contributed by atoms with Crippen LogP contribution >= 0.6 is 0 Å². The number of amides is 1. The number of anilines is 1. The first-order chi connectivity index (χ1) is 13.8. The smallest absolute Gasteiger partial charge is 0.257 e. The van der Waals surface area contributed by atoms with Gasteiger partial charge in [-0.2, -0.15) is 0 Å². The van der Waals surface area contributed by atoms with Gasteiger partial charge in [-0.15, -0.1) is 0 Å². The lowest BCUT2D eigenvalue weighted by Gasteiger charge is -2.30. The molecule has 5 rings (SSSR count). The fraction of sp³-hybridized carbons (Fsp3) is 0.0870. The standard InChI is InChI=1S/C23H20N4O/c28-23-21-19(20(24-25-23)16-10-4-1-5-11-16)22(17-12-6-2-7-13-17)27(26-21)18-14-8-3-9-15-18/h1-15,20-21,24,26H,(H,25,28).